The molecule has 1 atom stereocenters. The Morgan fingerprint density at radius 1 is 1.12 bits per heavy atom. The molecule has 0 saturated heterocycles. The van der Waals surface area contributed by atoms with E-state index in [-0.39, 0.29) is 18.6 Å². The second-order valence-electron chi connectivity index (χ2n) is 5.85. The minimum atomic E-state index is -2.88. The van der Waals surface area contributed by atoms with Crippen molar-refractivity contribution < 1.29 is 18.9 Å². The van der Waals surface area contributed by atoms with Gasteiger partial charge in [-0.25, -0.2) is 4.89 Å². The molecule has 0 bridgehead atoms. The maximum absolute atomic E-state index is 11.9. The summed E-state index contributed by atoms with van der Waals surface area (Å²) in [5.74, 6) is 0.392. The zero-order chi connectivity index (χ0) is 17.0. The number of rotatable bonds is 6. The molecule has 126 valence electrons. The monoisotopic (exact) mass is 345 g/mol. The van der Waals surface area contributed by atoms with Crippen molar-refractivity contribution >= 4 is 19.0 Å². The molecule has 3 rings (SSSR count). The van der Waals surface area contributed by atoms with Gasteiger partial charge in [-0.05, 0) is 18.6 Å². The molecule has 1 N–H and O–H groups in total. The summed E-state index contributed by atoms with van der Waals surface area (Å²) in [6, 6.07) is 15.4. The summed E-state index contributed by atoms with van der Waals surface area (Å²) < 4.78 is 11.2. The molecule has 24 heavy (non-hydrogen) atoms. The number of carbonyl (C=O) groups excluding carboxylic acids is 1. The molecule has 0 amide bonds. The van der Waals surface area contributed by atoms with Gasteiger partial charge in [0.25, 0.3) is 0 Å². The lowest BCUT2D eigenvalue weighted by Gasteiger charge is -2.26. The Labute approximate surface area is 142 Å². The van der Waals surface area contributed by atoms with Crippen molar-refractivity contribution in [1.82, 2.24) is 0 Å². The van der Waals surface area contributed by atoms with Crippen LogP contribution in [-0.2, 0) is 9.53 Å². The number of ether oxygens (including phenoxy) is 1. The van der Waals surface area contributed by atoms with Crippen molar-refractivity contribution in [2.45, 2.75) is 26.2 Å². The van der Waals surface area contributed by atoms with E-state index >= 15 is 0 Å². The highest BCUT2D eigenvalue weighted by molar-refractivity contribution is 7.74. The van der Waals surface area contributed by atoms with E-state index in [0.29, 0.717) is 12.4 Å². The highest BCUT2D eigenvalue weighted by Gasteiger charge is 2.48. The molecule has 1 aliphatic heterocycles. The van der Waals surface area contributed by atoms with E-state index in [1.54, 1.807) is 0 Å². The van der Waals surface area contributed by atoms with E-state index in [0.717, 1.165) is 29.3 Å². The first kappa shape index (κ1) is 16.9. The molecule has 0 fully saturated rings. The van der Waals surface area contributed by atoms with Crippen LogP contribution in [0.15, 0.2) is 48.5 Å². The Morgan fingerprint density at radius 2 is 1.83 bits per heavy atom. The van der Waals surface area contributed by atoms with Crippen LogP contribution < -0.4 is 9.83 Å². The van der Waals surface area contributed by atoms with Crippen molar-refractivity contribution in [2.75, 3.05) is 12.8 Å². The number of para-hydroxylation sites is 1. The first-order valence-electron chi connectivity index (χ1n) is 8.29. The third kappa shape index (κ3) is 3.45. The molecular weight excluding hydrogens is 323 g/mol. The van der Waals surface area contributed by atoms with Crippen LogP contribution in [0.1, 0.15) is 26.2 Å². The second-order valence-corrected chi connectivity index (χ2v) is 8.37. The van der Waals surface area contributed by atoms with E-state index in [1.165, 1.54) is 0 Å². The third-order valence-electron chi connectivity index (χ3n) is 4.09. The fourth-order valence-electron chi connectivity index (χ4n) is 2.80. The highest BCUT2D eigenvalue weighted by atomic mass is 31.2. The van der Waals surface area contributed by atoms with Gasteiger partial charge in [-0.1, -0.05) is 49.7 Å². The average Bonchev–Trinajstić information content (AvgIpc) is 2.61. The van der Waals surface area contributed by atoms with Crippen LogP contribution in [0.2, 0.25) is 0 Å². The van der Waals surface area contributed by atoms with Gasteiger partial charge in [0.15, 0.2) is 11.1 Å². The average molecular weight is 345 g/mol. The van der Waals surface area contributed by atoms with E-state index in [2.05, 4.69) is 0 Å². The highest BCUT2D eigenvalue weighted by Crippen LogP contribution is 2.60. The van der Waals surface area contributed by atoms with Crippen molar-refractivity contribution in [1.29, 1.82) is 0 Å². The summed E-state index contributed by atoms with van der Waals surface area (Å²) in [6.07, 6.45) is 2.27. The van der Waals surface area contributed by atoms with E-state index in [9.17, 15) is 9.69 Å². The van der Waals surface area contributed by atoms with Gasteiger partial charge >= 0.3 is 13.7 Å². The third-order valence-corrected chi connectivity index (χ3v) is 6.56. The fraction of sp³-hybridized carbons (Fsp3) is 0.316. The lowest BCUT2D eigenvalue weighted by atomic mass is 10.0. The topological polar surface area (TPSA) is 55.8 Å². The largest absolute Gasteiger partial charge is 0.466 e. The predicted octanol–water partition coefficient (Wildman–Crippen LogP) is 3.94. The van der Waals surface area contributed by atoms with Crippen molar-refractivity contribution in [3.63, 3.8) is 0 Å². The van der Waals surface area contributed by atoms with Crippen LogP contribution in [0.3, 0.4) is 0 Å². The SMILES string of the molecule is CCCCOC(=O)CC[P+]1(O)Oc2ccccc2-c2ccccc21. The first-order valence-corrected chi connectivity index (χ1v) is 10.1. The van der Waals surface area contributed by atoms with Crippen LogP contribution in [0.5, 0.6) is 5.75 Å². The molecule has 0 spiro atoms. The Morgan fingerprint density at radius 3 is 2.62 bits per heavy atom. The molecule has 1 aliphatic rings. The number of hydrogen-bond donors (Lipinski definition) is 1. The number of benzene rings is 2. The Kier molecular flexibility index (Phi) is 5.17. The molecule has 0 saturated carbocycles. The summed E-state index contributed by atoms with van der Waals surface area (Å²) in [5.41, 5.74) is 1.96. The molecule has 2 aromatic carbocycles. The quantitative estimate of drug-likeness (QED) is 0.489. The Bertz CT molecular complexity index is 731. The van der Waals surface area contributed by atoms with Crippen LogP contribution >= 0.6 is 7.72 Å². The van der Waals surface area contributed by atoms with Crippen LogP contribution in [0.25, 0.3) is 11.1 Å². The van der Waals surface area contributed by atoms with Crippen LogP contribution in [0.4, 0.5) is 0 Å². The van der Waals surface area contributed by atoms with Gasteiger partial charge in [-0.15, -0.1) is 0 Å². The van der Waals surface area contributed by atoms with Gasteiger partial charge in [0.05, 0.1) is 13.0 Å². The standard InChI is InChI=1S/C19H22O4P/c1-2-3-13-22-19(20)12-14-24(21)18-11-7-5-9-16(18)15-8-4-6-10-17(15)23-24/h4-11,21H,2-3,12-14H2,1H3/q+1. The number of fused-ring (bicyclic) bond motifs is 3. The van der Waals surface area contributed by atoms with Crippen molar-refractivity contribution in [3.8, 4) is 16.9 Å². The summed E-state index contributed by atoms with van der Waals surface area (Å²) in [4.78, 5) is 23.1. The first-order chi connectivity index (χ1) is 11.6. The molecule has 4 nitrogen and oxygen atoms in total. The maximum atomic E-state index is 11.9. The lowest BCUT2D eigenvalue weighted by molar-refractivity contribution is -0.143. The molecule has 1 unspecified atom stereocenters. The molecular formula is C19H22O4P+. The molecule has 2 aromatic rings. The fourth-order valence-corrected chi connectivity index (χ4v) is 5.09. The van der Waals surface area contributed by atoms with Crippen molar-refractivity contribution in [3.05, 3.63) is 48.5 Å². The normalized spacial score (nSPS) is 18.2. The van der Waals surface area contributed by atoms with E-state index < -0.39 is 7.72 Å². The van der Waals surface area contributed by atoms with E-state index in [1.807, 2.05) is 55.5 Å². The van der Waals surface area contributed by atoms with Gasteiger partial charge in [0.2, 0.25) is 0 Å². The molecule has 0 aromatic heterocycles. The van der Waals surface area contributed by atoms with Gasteiger partial charge in [0.1, 0.15) is 6.16 Å². The minimum Gasteiger partial charge on any atom is -0.466 e. The van der Waals surface area contributed by atoms with Gasteiger partial charge in [-0.3, -0.25) is 4.79 Å². The number of carbonyl (C=O) groups is 1. The van der Waals surface area contributed by atoms with Gasteiger partial charge in [0, 0.05) is 11.1 Å². The zero-order valence-electron chi connectivity index (χ0n) is 13.8. The van der Waals surface area contributed by atoms with Gasteiger partial charge in [-0.2, -0.15) is 0 Å². The number of hydrogen-bond acceptors (Lipinski definition) is 4. The molecule has 0 aliphatic carbocycles. The molecule has 0 radical (unpaired) electrons. The number of unbranched alkanes of at least 4 members (excludes halogenated alkanes) is 1. The Hall–Kier alpha value is -1.90. The molecule has 5 heteroatoms. The number of esters is 1. The summed E-state index contributed by atoms with van der Waals surface area (Å²) in [6.45, 7) is 2.48. The smallest absolute Gasteiger partial charge is 0.350 e. The Balaban J connectivity index is 1.79. The predicted molar refractivity (Wildman–Crippen MR) is 96.6 cm³/mol. The van der Waals surface area contributed by atoms with Crippen LogP contribution in [0, 0.1) is 0 Å². The van der Waals surface area contributed by atoms with Gasteiger partial charge < -0.3 is 9.26 Å². The van der Waals surface area contributed by atoms with Crippen molar-refractivity contribution in [2.24, 2.45) is 0 Å². The summed E-state index contributed by atoms with van der Waals surface area (Å²) >= 11 is 0. The molecule has 1 heterocycles. The zero-order valence-corrected chi connectivity index (χ0v) is 14.7. The maximum Gasteiger partial charge on any atom is 0.350 e. The van der Waals surface area contributed by atoms with Crippen LogP contribution in [-0.4, -0.2) is 23.6 Å². The lowest BCUT2D eigenvalue weighted by Crippen LogP contribution is -2.26. The second kappa shape index (κ2) is 7.33. The summed E-state index contributed by atoms with van der Waals surface area (Å²) in [7, 11) is -2.88. The minimum absolute atomic E-state index is 0.157. The van der Waals surface area contributed by atoms with E-state index in [4.69, 9.17) is 9.26 Å². The summed E-state index contributed by atoms with van der Waals surface area (Å²) in [5, 5.41) is 0.796.